The van der Waals surface area contributed by atoms with Gasteiger partial charge in [-0.25, -0.2) is 8.42 Å². The fourth-order valence-electron chi connectivity index (χ4n) is 4.04. The predicted octanol–water partition coefficient (Wildman–Crippen LogP) is 8.31. The Morgan fingerprint density at radius 2 is 1.16 bits per heavy atom. The predicted molar refractivity (Wildman–Crippen MR) is 144 cm³/mol. The van der Waals surface area contributed by atoms with Crippen LogP contribution in [0.5, 0.6) is 0 Å². The van der Waals surface area contributed by atoms with Crippen molar-refractivity contribution in [3.05, 3.63) is 29.3 Å². The van der Waals surface area contributed by atoms with Crippen LogP contribution in [0.3, 0.4) is 0 Å². The number of unbranched alkanes of at least 4 members (excludes halogenated alkanes) is 5. The molecule has 0 amide bonds. The Hall–Kier alpha value is -0.440. The number of benzene rings is 1. The van der Waals surface area contributed by atoms with Crippen molar-refractivity contribution in [3.63, 3.8) is 0 Å². The molecule has 0 heterocycles. The molecule has 0 saturated carbocycles. The molecule has 1 rings (SSSR count). The highest BCUT2D eigenvalue weighted by molar-refractivity contribution is 7.85. The van der Waals surface area contributed by atoms with Gasteiger partial charge in [-0.3, -0.25) is 0 Å². The first-order valence-electron chi connectivity index (χ1n) is 13.1. The van der Waals surface area contributed by atoms with Crippen molar-refractivity contribution in [2.45, 2.75) is 117 Å². The molecule has 32 heavy (non-hydrogen) atoms. The highest BCUT2D eigenvalue weighted by Gasteiger charge is 2.28. The van der Waals surface area contributed by atoms with Gasteiger partial charge in [0.15, 0.2) is 0 Å². The minimum atomic E-state index is -4.36. The second-order valence-corrected chi connectivity index (χ2v) is 15.3. The van der Waals surface area contributed by atoms with E-state index < -0.39 is 17.4 Å². The van der Waals surface area contributed by atoms with Gasteiger partial charge in [-0.15, -0.1) is 0 Å². The third kappa shape index (κ3) is 13.3. The second-order valence-electron chi connectivity index (χ2n) is 9.41. The van der Waals surface area contributed by atoms with E-state index in [2.05, 4.69) is 41.3 Å². The Bertz CT molecular complexity index is 679. The average Bonchev–Trinajstić information content (AvgIpc) is 2.77. The van der Waals surface area contributed by atoms with E-state index in [4.69, 9.17) is 0 Å². The van der Waals surface area contributed by atoms with Gasteiger partial charge >= 0.3 is 0 Å². The summed E-state index contributed by atoms with van der Waals surface area (Å²) in [6.45, 7) is 13.7. The lowest BCUT2D eigenvalue weighted by molar-refractivity contribution is 0.461. The Kier molecular flexibility index (Phi) is 17.7. The van der Waals surface area contributed by atoms with E-state index in [1.165, 1.54) is 44.6 Å². The highest BCUT2D eigenvalue weighted by Crippen LogP contribution is 2.57. The standard InChI is InChI=1S/C14H22O3S.C13H30P/c1-3-5-8-12-9-7-11-14(18(15,16)17)13(12)10-6-4-2;1-5-8-11-14(4,12-9-6-2)13-10-7-3/h7,9,11H,3-6,8,10H2,1-2H3,(H,15,16,17);5-13H2,1-4H3/q;+1/p-1. The Morgan fingerprint density at radius 1 is 0.719 bits per heavy atom. The second kappa shape index (κ2) is 18.0. The number of hydrogen-bond donors (Lipinski definition) is 0. The molecule has 0 N–H and O–H groups in total. The van der Waals surface area contributed by atoms with Crippen LogP contribution in [0.2, 0.25) is 0 Å². The van der Waals surface area contributed by atoms with Gasteiger partial charge in [-0.05, 0) is 62.1 Å². The van der Waals surface area contributed by atoms with E-state index >= 15 is 0 Å². The minimum Gasteiger partial charge on any atom is -0.744 e. The van der Waals surface area contributed by atoms with Gasteiger partial charge in [0.05, 0.1) is 23.4 Å². The summed E-state index contributed by atoms with van der Waals surface area (Å²) in [7, 11) is -4.88. The average molecular weight is 487 g/mol. The molecule has 0 spiro atoms. The summed E-state index contributed by atoms with van der Waals surface area (Å²) in [5.41, 5.74) is 1.75. The summed E-state index contributed by atoms with van der Waals surface area (Å²) in [5.74, 6) is 0. The Morgan fingerprint density at radius 3 is 1.56 bits per heavy atom. The molecular formula is C27H51O3PS. The molecular weight excluding hydrogens is 435 g/mol. The van der Waals surface area contributed by atoms with Crippen molar-refractivity contribution in [1.82, 2.24) is 0 Å². The molecule has 0 bridgehead atoms. The molecule has 0 aliphatic heterocycles. The molecule has 0 atom stereocenters. The third-order valence-electron chi connectivity index (χ3n) is 6.23. The maximum atomic E-state index is 11.3. The van der Waals surface area contributed by atoms with Crippen LogP contribution in [0, 0.1) is 0 Å². The Labute approximate surface area is 201 Å². The Balaban J connectivity index is 0.000000622. The van der Waals surface area contributed by atoms with Crippen molar-refractivity contribution >= 4 is 17.4 Å². The first kappa shape index (κ1) is 31.6. The van der Waals surface area contributed by atoms with E-state index in [1.54, 1.807) is 24.6 Å². The third-order valence-corrected chi connectivity index (χ3v) is 11.3. The van der Waals surface area contributed by atoms with Gasteiger partial charge in [-0.2, -0.15) is 0 Å². The van der Waals surface area contributed by atoms with Crippen molar-refractivity contribution in [2.24, 2.45) is 0 Å². The number of hydrogen-bond acceptors (Lipinski definition) is 3. The van der Waals surface area contributed by atoms with Crippen LogP contribution >= 0.6 is 7.26 Å². The zero-order chi connectivity index (χ0) is 24.5. The smallest absolute Gasteiger partial charge is 0.124 e. The first-order chi connectivity index (χ1) is 15.2. The fourth-order valence-corrected chi connectivity index (χ4v) is 8.73. The lowest BCUT2D eigenvalue weighted by atomic mass is 9.98. The molecule has 0 aliphatic carbocycles. The zero-order valence-corrected chi connectivity index (χ0v) is 23.6. The van der Waals surface area contributed by atoms with Crippen LogP contribution in [-0.4, -0.2) is 38.1 Å². The van der Waals surface area contributed by atoms with E-state index in [9.17, 15) is 13.0 Å². The van der Waals surface area contributed by atoms with E-state index in [-0.39, 0.29) is 4.90 Å². The van der Waals surface area contributed by atoms with Crippen LogP contribution < -0.4 is 0 Å². The van der Waals surface area contributed by atoms with Crippen LogP contribution in [0.4, 0.5) is 0 Å². The molecule has 0 unspecified atom stereocenters. The van der Waals surface area contributed by atoms with Crippen molar-refractivity contribution < 1.29 is 13.0 Å². The summed E-state index contributed by atoms with van der Waals surface area (Å²) < 4.78 is 33.9. The maximum absolute atomic E-state index is 11.3. The summed E-state index contributed by atoms with van der Waals surface area (Å²) in [5, 5.41) is 0. The van der Waals surface area contributed by atoms with Crippen molar-refractivity contribution in [3.8, 4) is 0 Å². The van der Waals surface area contributed by atoms with Gasteiger partial charge in [-0.1, -0.05) is 78.9 Å². The van der Waals surface area contributed by atoms with Crippen LogP contribution in [0.1, 0.15) is 110 Å². The molecule has 0 saturated heterocycles. The number of rotatable bonds is 16. The molecule has 3 nitrogen and oxygen atoms in total. The quantitative estimate of drug-likeness (QED) is 0.174. The van der Waals surface area contributed by atoms with Gasteiger partial charge in [0.1, 0.15) is 10.1 Å². The molecule has 1 aromatic rings. The molecule has 5 heteroatoms. The summed E-state index contributed by atoms with van der Waals surface area (Å²) in [4.78, 5) is -0.0236. The first-order valence-corrected chi connectivity index (χ1v) is 17.3. The summed E-state index contributed by atoms with van der Waals surface area (Å²) in [6.07, 6.45) is 18.7. The maximum Gasteiger partial charge on any atom is 0.124 e. The monoisotopic (exact) mass is 486 g/mol. The molecule has 0 fully saturated rings. The molecule has 0 aromatic heterocycles. The minimum absolute atomic E-state index is 0.0236. The number of aryl methyl sites for hydroxylation is 1. The molecule has 0 aliphatic rings. The fraction of sp³-hybridized carbons (Fsp3) is 0.778. The molecule has 188 valence electrons. The van der Waals surface area contributed by atoms with Gasteiger partial charge < -0.3 is 4.55 Å². The SMILES string of the molecule is CCCC[P+](C)(CCCC)CCCC.CCCCc1cccc(S(=O)(=O)[O-])c1CCCC. The van der Waals surface area contributed by atoms with Gasteiger partial charge in [0, 0.05) is 13.9 Å². The largest absolute Gasteiger partial charge is 0.744 e. The molecule has 1 aromatic carbocycles. The van der Waals surface area contributed by atoms with E-state index in [1.807, 2.05) is 6.07 Å². The lowest BCUT2D eigenvalue weighted by Crippen LogP contribution is -2.07. The van der Waals surface area contributed by atoms with Crippen LogP contribution in [0.25, 0.3) is 0 Å². The van der Waals surface area contributed by atoms with E-state index in [0.717, 1.165) is 43.2 Å². The lowest BCUT2D eigenvalue weighted by Gasteiger charge is -2.22. The van der Waals surface area contributed by atoms with Gasteiger partial charge in [0.25, 0.3) is 0 Å². The summed E-state index contributed by atoms with van der Waals surface area (Å²) in [6, 6.07) is 5.04. The molecule has 0 radical (unpaired) electrons. The highest BCUT2D eigenvalue weighted by atomic mass is 32.2. The van der Waals surface area contributed by atoms with Crippen molar-refractivity contribution in [1.29, 1.82) is 0 Å². The zero-order valence-electron chi connectivity index (χ0n) is 21.9. The van der Waals surface area contributed by atoms with Gasteiger partial charge in [0.2, 0.25) is 0 Å². The van der Waals surface area contributed by atoms with Crippen LogP contribution in [0.15, 0.2) is 23.1 Å². The normalized spacial score (nSPS) is 11.8. The van der Waals surface area contributed by atoms with Crippen molar-refractivity contribution in [2.75, 3.05) is 25.2 Å². The summed E-state index contributed by atoms with van der Waals surface area (Å²) >= 11 is 0. The van der Waals surface area contributed by atoms with Crippen LogP contribution in [-0.2, 0) is 23.0 Å². The topological polar surface area (TPSA) is 57.2 Å². The van der Waals surface area contributed by atoms with E-state index in [0.29, 0.717) is 6.42 Å².